The number of hydrogen-bond acceptors (Lipinski definition) is 3. The SMILES string of the molecule is CC1CCC(NC(=S)Nc2ccc3nc4n(c(=O)c3c2)CCCCC4)CC1. The standard InChI is InChI=1S/C21H28N4OS/c1-14-6-8-15(9-7-14)22-21(27)23-16-10-11-18-17(13-16)20(26)25-12-4-2-3-5-19(25)24-18/h10-11,13-15H,2-9,12H2,1H3,(H2,22,23,27). The van der Waals surface area contributed by atoms with Gasteiger partial charge in [-0.05, 0) is 74.9 Å². The van der Waals surface area contributed by atoms with Crippen molar-refractivity contribution in [1.82, 2.24) is 14.9 Å². The zero-order chi connectivity index (χ0) is 18.8. The van der Waals surface area contributed by atoms with Gasteiger partial charge in [-0.2, -0.15) is 0 Å². The topological polar surface area (TPSA) is 59.0 Å². The molecule has 5 nitrogen and oxygen atoms in total. The van der Waals surface area contributed by atoms with Crippen molar-refractivity contribution in [2.24, 2.45) is 5.92 Å². The quantitative estimate of drug-likeness (QED) is 0.767. The average molecular weight is 385 g/mol. The molecule has 6 heteroatoms. The second kappa shape index (κ2) is 7.97. The molecular weight excluding hydrogens is 356 g/mol. The van der Waals surface area contributed by atoms with Gasteiger partial charge >= 0.3 is 0 Å². The van der Waals surface area contributed by atoms with Crippen LogP contribution in [0.15, 0.2) is 23.0 Å². The van der Waals surface area contributed by atoms with Gasteiger partial charge in [-0.15, -0.1) is 0 Å². The lowest BCUT2D eigenvalue weighted by Gasteiger charge is -2.28. The van der Waals surface area contributed by atoms with E-state index >= 15 is 0 Å². The number of aromatic nitrogens is 2. The number of thiocarbonyl (C=S) groups is 1. The van der Waals surface area contributed by atoms with Crippen molar-refractivity contribution in [1.29, 1.82) is 0 Å². The molecule has 2 N–H and O–H groups in total. The van der Waals surface area contributed by atoms with Crippen LogP contribution in [0.4, 0.5) is 5.69 Å². The van der Waals surface area contributed by atoms with E-state index in [4.69, 9.17) is 17.2 Å². The van der Waals surface area contributed by atoms with E-state index in [0.29, 0.717) is 16.5 Å². The van der Waals surface area contributed by atoms with Gasteiger partial charge in [0.1, 0.15) is 5.82 Å². The van der Waals surface area contributed by atoms with E-state index in [1.54, 1.807) is 0 Å². The molecule has 27 heavy (non-hydrogen) atoms. The first-order valence-corrected chi connectivity index (χ1v) is 10.6. The van der Waals surface area contributed by atoms with Gasteiger partial charge in [0.25, 0.3) is 5.56 Å². The minimum absolute atomic E-state index is 0.0701. The Kier molecular flexibility index (Phi) is 5.43. The smallest absolute Gasteiger partial charge is 0.261 e. The second-order valence-corrected chi connectivity index (χ2v) is 8.49. The number of anilines is 1. The first kappa shape index (κ1) is 18.4. The molecule has 2 aromatic rings. The van der Waals surface area contributed by atoms with E-state index in [1.165, 1.54) is 12.8 Å². The van der Waals surface area contributed by atoms with Crippen molar-refractivity contribution < 1.29 is 0 Å². The summed E-state index contributed by atoms with van der Waals surface area (Å²) in [6.45, 7) is 3.09. The minimum atomic E-state index is 0.0701. The molecule has 0 saturated heterocycles. The molecule has 1 aromatic carbocycles. The minimum Gasteiger partial charge on any atom is -0.360 e. The summed E-state index contributed by atoms with van der Waals surface area (Å²) in [4.78, 5) is 17.7. The van der Waals surface area contributed by atoms with Gasteiger partial charge in [-0.1, -0.05) is 13.3 Å². The summed E-state index contributed by atoms with van der Waals surface area (Å²) in [5.41, 5.74) is 1.69. The molecule has 0 radical (unpaired) electrons. The van der Waals surface area contributed by atoms with Crippen LogP contribution in [0.3, 0.4) is 0 Å². The van der Waals surface area contributed by atoms with Crippen molar-refractivity contribution in [3.05, 3.63) is 34.4 Å². The molecule has 0 atom stereocenters. The Balaban J connectivity index is 1.52. The third-order valence-electron chi connectivity index (χ3n) is 5.92. The molecule has 0 bridgehead atoms. The third kappa shape index (κ3) is 4.15. The van der Waals surface area contributed by atoms with Crippen LogP contribution in [0.25, 0.3) is 10.9 Å². The first-order chi connectivity index (χ1) is 13.1. The number of nitrogens with one attached hydrogen (secondary N) is 2. The number of benzene rings is 1. The lowest BCUT2D eigenvalue weighted by atomic mass is 9.87. The van der Waals surface area contributed by atoms with Crippen molar-refractivity contribution >= 4 is 33.9 Å². The maximum Gasteiger partial charge on any atom is 0.261 e. The van der Waals surface area contributed by atoms with Gasteiger partial charge in [0.15, 0.2) is 5.11 Å². The van der Waals surface area contributed by atoms with Crippen molar-refractivity contribution in [2.75, 3.05) is 5.32 Å². The second-order valence-electron chi connectivity index (χ2n) is 8.08. The summed E-state index contributed by atoms with van der Waals surface area (Å²) < 4.78 is 1.86. The van der Waals surface area contributed by atoms with Crippen LogP contribution in [0, 0.1) is 5.92 Å². The van der Waals surface area contributed by atoms with Crippen LogP contribution < -0.4 is 16.2 Å². The Morgan fingerprint density at radius 2 is 2.00 bits per heavy atom. The predicted molar refractivity (Wildman–Crippen MR) is 114 cm³/mol. The molecule has 2 aliphatic rings. The third-order valence-corrected chi connectivity index (χ3v) is 6.14. The Morgan fingerprint density at radius 3 is 2.81 bits per heavy atom. The highest BCUT2D eigenvalue weighted by Crippen LogP contribution is 2.24. The van der Waals surface area contributed by atoms with E-state index in [9.17, 15) is 4.79 Å². The van der Waals surface area contributed by atoms with Gasteiger partial charge in [0.2, 0.25) is 0 Å². The zero-order valence-corrected chi connectivity index (χ0v) is 16.8. The van der Waals surface area contributed by atoms with Crippen molar-refractivity contribution in [3.8, 4) is 0 Å². The van der Waals surface area contributed by atoms with Crippen LogP contribution in [0.1, 0.15) is 57.7 Å². The maximum atomic E-state index is 13.0. The van der Waals surface area contributed by atoms with Crippen LogP contribution in [-0.2, 0) is 13.0 Å². The molecule has 4 rings (SSSR count). The maximum absolute atomic E-state index is 13.0. The molecule has 0 spiro atoms. The molecule has 1 aliphatic carbocycles. The highest BCUT2D eigenvalue weighted by atomic mass is 32.1. The van der Waals surface area contributed by atoms with Gasteiger partial charge in [0.05, 0.1) is 10.9 Å². The number of fused-ring (bicyclic) bond motifs is 2. The van der Waals surface area contributed by atoms with E-state index in [-0.39, 0.29) is 5.56 Å². The molecule has 0 unspecified atom stereocenters. The van der Waals surface area contributed by atoms with Gasteiger partial charge in [-0.3, -0.25) is 9.36 Å². The fraction of sp³-hybridized carbons (Fsp3) is 0.571. The van der Waals surface area contributed by atoms with E-state index in [0.717, 1.165) is 68.0 Å². The molecule has 1 saturated carbocycles. The summed E-state index contributed by atoms with van der Waals surface area (Å²) >= 11 is 5.50. The van der Waals surface area contributed by atoms with Crippen molar-refractivity contribution in [3.63, 3.8) is 0 Å². The van der Waals surface area contributed by atoms with Crippen LogP contribution >= 0.6 is 12.2 Å². The number of rotatable bonds is 2. The van der Waals surface area contributed by atoms with Crippen LogP contribution in [0.2, 0.25) is 0 Å². The number of aryl methyl sites for hydroxylation is 1. The van der Waals surface area contributed by atoms with Crippen LogP contribution in [0.5, 0.6) is 0 Å². The fourth-order valence-electron chi connectivity index (χ4n) is 4.25. The molecule has 1 aromatic heterocycles. The summed E-state index contributed by atoms with van der Waals surface area (Å²) in [6.07, 6.45) is 9.04. The molecule has 144 valence electrons. The molecule has 0 amide bonds. The summed E-state index contributed by atoms with van der Waals surface area (Å²) in [6, 6.07) is 6.22. The lowest BCUT2D eigenvalue weighted by molar-refractivity contribution is 0.332. The summed E-state index contributed by atoms with van der Waals surface area (Å²) in [7, 11) is 0. The lowest BCUT2D eigenvalue weighted by Crippen LogP contribution is -2.39. The molecule has 2 heterocycles. The average Bonchev–Trinajstić information content (AvgIpc) is 2.90. The van der Waals surface area contributed by atoms with E-state index in [2.05, 4.69) is 17.6 Å². The largest absolute Gasteiger partial charge is 0.360 e. The van der Waals surface area contributed by atoms with E-state index < -0.39 is 0 Å². The Hall–Kier alpha value is -1.95. The summed E-state index contributed by atoms with van der Waals surface area (Å²) in [5.74, 6) is 1.75. The van der Waals surface area contributed by atoms with Gasteiger partial charge in [0, 0.05) is 24.7 Å². The fourth-order valence-corrected chi connectivity index (χ4v) is 4.54. The molecule has 1 aliphatic heterocycles. The highest BCUT2D eigenvalue weighted by Gasteiger charge is 2.19. The van der Waals surface area contributed by atoms with Crippen LogP contribution in [-0.4, -0.2) is 20.7 Å². The van der Waals surface area contributed by atoms with E-state index in [1.807, 2.05) is 22.8 Å². The normalized spacial score (nSPS) is 22.7. The van der Waals surface area contributed by atoms with Gasteiger partial charge < -0.3 is 10.6 Å². The molecule has 1 fully saturated rings. The Labute approximate surface area is 165 Å². The summed E-state index contributed by atoms with van der Waals surface area (Å²) in [5, 5.41) is 7.99. The Bertz CT molecular complexity index is 899. The Morgan fingerprint density at radius 1 is 1.19 bits per heavy atom. The zero-order valence-electron chi connectivity index (χ0n) is 16.0. The highest BCUT2D eigenvalue weighted by molar-refractivity contribution is 7.80. The van der Waals surface area contributed by atoms with Gasteiger partial charge in [-0.25, -0.2) is 4.98 Å². The molecular formula is C21H28N4OS. The monoisotopic (exact) mass is 384 g/mol. The predicted octanol–water partition coefficient (Wildman–Crippen LogP) is 3.99. The number of nitrogens with zero attached hydrogens (tertiary/aromatic N) is 2. The number of hydrogen-bond donors (Lipinski definition) is 2. The van der Waals surface area contributed by atoms with Crippen molar-refractivity contribution in [2.45, 2.75) is 70.9 Å². The first-order valence-electron chi connectivity index (χ1n) is 10.2.